The second-order valence-electron chi connectivity index (χ2n) is 4.95. The van der Waals surface area contributed by atoms with E-state index in [0.717, 1.165) is 18.4 Å². The Labute approximate surface area is 113 Å². The molecule has 2 rings (SSSR count). The Hall–Kier alpha value is -1.46. The third kappa shape index (κ3) is 2.35. The zero-order chi connectivity index (χ0) is 14.0. The Kier molecular flexibility index (Phi) is 3.87. The van der Waals surface area contributed by atoms with Crippen molar-refractivity contribution in [1.29, 1.82) is 0 Å². The van der Waals surface area contributed by atoms with Crippen LogP contribution in [-0.2, 0) is 5.54 Å². The summed E-state index contributed by atoms with van der Waals surface area (Å²) in [5, 5.41) is 11.3. The van der Waals surface area contributed by atoms with E-state index in [9.17, 15) is 5.21 Å². The third-order valence-corrected chi connectivity index (χ3v) is 3.81. The van der Waals surface area contributed by atoms with Crippen molar-refractivity contribution in [1.82, 2.24) is 5.06 Å². The molecule has 0 aromatic heterocycles. The zero-order valence-electron chi connectivity index (χ0n) is 11.9. The predicted molar refractivity (Wildman–Crippen MR) is 71.2 cm³/mol. The summed E-state index contributed by atoms with van der Waals surface area (Å²) in [6, 6.07) is 3.65. The van der Waals surface area contributed by atoms with Crippen molar-refractivity contribution in [3.05, 3.63) is 17.7 Å². The number of benzene rings is 1. The Balaban J connectivity index is 2.65. The van der Waals surface area contributed by atoms with Crippen LogP contribution in [0.15, 0.2) is 12.1 Å². The van der Waals surface area contributed by atoms with Gasteiger partial charge in [-0.3, -0.25) is 0 Å². The Morgan fingerprint density at radius 1 is 1.32 bits per heavy atom. The number of nitrogens with zero attached hydrogens (tertiary/aromatic N) is 1. The molecule has 5 heteroatoms. The summed E-state index contributed by atoms with van der Waals surface area (Å²) in [7, 11) is 4.87. The molecule has 1 unspecified atom stereocenters. The minimum atomic E-state index is -0.538. The highest BCUT2D eigenvalue weighted by Gasteiger charge is 2.38. The Bertz CT molecular complexity index is 461. The highest BCUT2D eigenvalue weighted by molar-refractivity contribution is 5.54. The quantitative estimate of drug-likeness (QED) is 0.852. The van der Waals surface area contributed by atoms with Crippen LogP contribution >= 0.6 is 0 Å². The molecule has 19 heavy (non-hydrogen) atoms. The smallest absolute Gasteiger partial charge is 0.131 e. The summed E-state index contributed by atoms with van der Waals surface area (Å²) in [6.45, 7) is 2.60. The highest BCUT2D eigenvalue weighted by atomic mass is 16.5. The van der Waals surface area contributed by atoms with E-state index in [1.165, 1.54) is 5.06 Å². The predicted octanol–water partition coefficient (Wildman–Crippen LogP) is 2.41. The summed E-state index contributed by atoms with van der Waals surface area (Å²) >= 11 is 0. The molecule has 0 radical (unpaired) electrons. The van der Waals surface area contributed by atoms with Crippen molar-refractivity contribution in [3.63, 3.8) is 0 Å². The van der Waals surface area contributed by atoms with Crippen molar-refractivity contribution >= 4 is 0 Å². The van der Waals surface area contributed by atoms with E-state index < -0.39 is 5.54 Å². The molecular formula is C14H21NO4. The van der Waals surface area contributed by atoms with E-state index in [2.05, 4.69) is 0 Å². The summed E-state index contributed by atoms with van der Waals surface area (Å²) in [5.41, 5.74) is 0.321. The van der Waals surface area contributed by atoms with Gasteiger partial charge in [-0.1, -0.05) is 0 Å². The van der Waals surface area contributed by atoms with Gasteiger partial charge in [0, 0.05) is 19.2 Å². The van der Waals surface area contributed by atoms with Crippen LogP contribution < -0.4 is 14.2 Å². The first-order valence-corrected chi connectivity index (χ1v) is 6.35. The van der Waals surface area contributed by atoms with Gasteiger partial charge in [0.25, 0.3) is 0 Å². The standard InChI is InChI=1S/C14H21NO4/c1-14(15(2)16)6-5-7-19-12-9-10(17-3)8-11(18-4)13(12)14/h8-9,16H,5-7H2,1-4H3. The van der Waals surface area contributed by atoms with Gasteiger partial charge in [0.2, 0.25) is 0 Å². The van der Waals surface area contributed by atoms with Crippen molar-refractivity contribution in [2.75, 3.05) is 27.9 Å². The van der Waals surface area contributed by atoms with Gasteiger partial charge in [-0.05, 0) is 19.8 Å². The van der Waals surface area contributed by atoms with Gasteiger partial charge in [0.1, 0.15) is 17.2 Å². The van der Waals surface area contributed by atoms with Gasteiger partial charge < -0.3 is 19.4 Å². The molecule has 1 atom stereocenters. The normalized spacial score (nSPS) is 22.4. The van der Waals surface area contributed by atoms with Crippen molar-refractivity contribution in [2.45, 2.75) is 25.3 Å². The van der Waals surface area contributed by atoms with Gasteiger partial charge in [0.15, 0.2) is 0 Å². The summed E-state index contributed by atoms with van der Waals surface area (Å²) in [6.07, 6.45) is 1.65. The van der Waals surface area contributed by atoms with Gasteiger partial charge in [-0.2, -0.15) is 5.06 Å². The average Bonchev–Trinajstić information content (AvgIpc) is 2.58. The Morgan fingerprint density at radius 3 is 2.63 bits per heavy atom. The summed E-state index contributed by atoms with van der Waals surface area (Å²) in [4.78, 5) is 0. The van der Waals surface area contributed by atoms with Gasteiger partial charge in [0.05, 0.1) is 31.9 Å². The molecule has 0 spiro atoms. The van der Waals surface area contributed by atoms with Crippen LogP contribution in [0.25, 0.3) is 0 Å². The van der Waals surface area contributed by atoms with Crippen LogP contribution in [0.4, 0.5) is 0 Å². The lowest BCUT2D eigenvalue weighted by Crippen LogP contribution is -2.39. The molecule has 0 bridgehead atoms. The lowest BCUT2D eigenvalue weighted by Gasteiger charge is -2.35. The molecular weight excluding hydrogens is 246 g/mol. The molecule has 1 aromatic carbocycles. The number of hydrogen-bond acceptors (Lipinski definition) is 5. The van der Waals surface area contributed by atoms with E-state index in [4.69, 9.17) is 14.2 Å². The first kappa shape index (κ1) is 14.0. The molecule has 0 aliphatic carbocycles. The van der Waals surface area contributed by atoms with Crippen LogP contribution in [0.5, 0.6) is 17.2 Å². The summed E-state index contributed by atoms with van der Waals surface area (Å²) in [5.74, 6) is 2.05. The van der Waals surface area contributed by atoms with Gasteiger partial charge in [-0.25, -0.2) is 0 Å². The van der Waals surface area contributed by atoms with Gasteiger partial charge >= 0.3 is 0 Å². The molecule has 1 N–H and O–H groups in total. The van der Waals surface area contributed by atoms with Crippen LogP contribution in [0, 0.1) is 0 Å². The third-order valence-electron chi connectivity index (χ3n) is 3.81. The van der Waals surface area contributed by atoms with Crippen molar-refractivity contribution in [2.24, 2.45) is 0 Å². The van der Waals surface area contributed by atoms with Crippen molar-refractivity contribution < 1.29 is 19.4 Å². The average molecular weight is 267 g/mol. The maximum atomic E-state index is 10.0. The Morgan fingerprint density at radius 2 is 2.05 bits per heavy atom. The van der Waals surface area contributed by atoms with E-state index >= 15 is 0 Å². The molecule has 1 heterocycles. The number of hydroxylamine groups is 2. The molecule has 106 valence electrons. The summed E-state index contributed by atoms with van der Waals surface area (Å²) < 4.78 is 16.5. The number of fused-ring (bicyclic) bond motifs is 1. The van der Waals surface area contributed by atoms with E-state index in [0.29, 0.717) is 23.9 Å². The molecule has 0 saturated heterocycles. The van der Waals surface area contributed by atoms with Crippen LogP contribution in [0.1, 0.15) is 25.3 Å². The molecule has 1 aliphatic heterocycles. The number of ether oxygens (including phenoxy) is 3. The fourth-order valence-electron chi connectivity index (χ4n) is 2.54. The minimum absolute atomic E-state index is 0.538. The topological polar surface area (TPSA) is 51.2 Å². The monoisotopic (exact) mass is 267 g/mol. The van der Waals surface area contributed by atoms with E-state index in [1.807, 2.05) is 19.1 Å². The van der Waals surface area contributed by atoms with Gasteiger partial charge in [-0.15, -0.1) is 0 Å². The number of hydrogen-bond donors (Lipinski definition) is 1. The minimum Gasteiger partial charge on any atom is -0.496 e. The first-order chi connectivity index (χ1) is 9.02. The number of methoxy groups -OCH3 is 2. The maximum Gasteiger partial charge on any atom is 0.131 e. The van der Waals surface area contributed by atoms with E-state index in [1.54, 1.807) is 21.3 Å². The van der Waals surface area contributed by atoms with Crippen LogP contribution in [0.2, 0.25) is 0 Å². The first-order valence-electron chi connectivity index (χ1n) is 6.35. The molecule has 0 fully saturated rings. The highest BCUT2D eigenvalue weighted by Crippen LogP contribution is 2.46. The SMILES string of the molecule is COc1cc(OC)c2c(c1)OCCCC2(C)N(C)O. The maximum absolute atomic E-state index is 10.0. The molecule has 1 aliphatic rings. The zero-order valence-corrected chi connectivity index (χ0v) is 11.9. The number of rotatable bonds is 3. The lowest BCUT2D eigenvalue weighted by atomic mass is 9.86. The fraction of sp³-hybridized carbons (Fsp3) is 0.571. The van der Waals surface area contributed by atoms with Crippen LogP contribution in [-0.4, -0.2) is 38.1 Å². The largest absolute Gasteiger partial charge is 0.496 e. The lowest BCUT2D eigenvalue weighted by molar-refractivity contribution is -0.153. The van der Waals surface area contributed by atoms with Crippen LogP contribution in [0.3, 0.4) is 0 Å². The molecule has 5 nitrogen and oxygen atoms in total. The van der Waals surface area contributed by atoms with Crippen molar-refractivity contribution in [3.8, 4) is 17.2 Å². The van der Waals surface area contributed by atoms with E-state index in [-0.39, 0.29) is 0 Å². The second kappa shape index (κ2) is 5.27. The molecule has 1 aromatic rings. The molecule has 0 saturated carbocycles. The second-order valence-corrected chi connectivity index (χ2v) is 4.95. The molecule has 0 amide bonds. The fourth-order valence-corrected chi connectivity index (χ4v) is 2.54.